The molecule has 0 aliphatic heterocycles. The van der Waals surface area contributed by atoms with Gasteiger partial charge < -0.3 is 5.32 Å². The summed E-state index contributed by atoms with van der Waals surface area (Å²) in [6.07, 6.45) is 6.89. The van der Waals surface area contributed by atoms with E-state index in [0.717, 1.165) is 12.0 Å². The summed E-state index contributed by atoms with van der Waals surface area (Å²) >= 11 is 0. The average Bonchev–Trinajstić information content (AvgIpc) is 2.77. The predicted molar refractivity (Wildman–Crippen MR) is 49.7 cm³/mol. The van der Waals surface area contributed by atoms with Crippen molar-refractivity contribution in [2.45, 2.75) is 52.0 Å². The molecule has 1 aliphatic rings. The quantitative estimate of drug-likeness (QED) is 0.581. The van der Waals surface area contributed by atoms with Crippen molar-refractivity contribution in [2.24, 2.45) is 5.92 Å². The SMILES string of the molecule is CCCCCNC1CC1CC. The molecule has 0 heterocycles. The maximum Gasteiger partial charge on any atom is 0.00990 e. The van der Waals surface area contributed by atoms with Crippen molar-refractivity contribution >= 4 is 0 Å². The zero-order valence-corrected chi connectivity index (χ0v) is 7.90. The molecule has 1 heteroatoms. The molecule has 0 aromatic carbocycles. The van der Waals surface area contributed by atoms with Crippen molar-refractivity contribution in [2.75, 3.05) is 6.54 Å². The molecule has 0 aromatic rings. The Kier molecular flexibility index (Phi) is 3.92. The number of nitrogens with one attached hydrogen (secondary N) is 1. The first-order valence-corrected chi connectivity index (χ1v) is 5.11. The van der Waals surface area contributed by atoms with Crippen LogP contribution < -0.4 is 5.32 Å². The van der Waals surface area contributed by atoms with E-state index < -0.39 is 0 Å². The lowest BCUT2D eigenvalue weighted by Gasteiger charge is -2.01. The van der Waals surface area contributed by atoms with Gasteiger partial charge in [-0.1, -0.05) is 33.1 Å². The highest BCUT2D eigenvalue weighted by atomic mass is 15.0. The Labute approximate surface area is 70.6 Å². The third kappa shape index (κ3) is 3.24. The van der Waals surface area contributed by atoms with Crippen molar-refractivity contribution in [3.05, 3.63) is 0 Å². The Balaban J connectivity index is 1.82. The van der Waals surface area contributed by atoms with E-state index in [-0.39, 0.29) is 0 Å². The van der Waals surface area contributed by atoms with E-state index >= 15 is 0 Å². The van der Waals surface area contributed by atoms with Gasteiger partial charge in [0.25, 0.3) is 0 Å². The van der Waals surface area contributed by atoms with E-state index in [2.05, 4.69) is 19.2 Å². The van der Waals surface area contributed by atoms with E-state index in [1.165, 1.54) is 38.6 Å². The number of hydrogen-bond donors (Lipinski definition) is 1. The van der Waals surface area contributed by atoms with Gasteiger partial charge in [0.1, 0.15) is 0 Å². The van der Waals surface area contributed by atoms with Crippen molar-refractivity contribution in [3.63, 3.8) is 0 Å². The van der Waals surface area contributed by atoms with Crippen molar-refractivity contribution in [1.82, 2.24) is 5.32 Å². The van der Waals surface area contributed by atoms with Crippen LogP contribution >= 0.6 is 0 Å². The monoisotopic (exact) mass is 155 g/mol. The van der Waals surface area contributed by atoms with Crippen LogP contribution in [0.25, 0.3) is 0 Å². The van der Waals surface area contributed by atoms with Gasteiger partial charge in [-0.15, -0.1) is 0 Å². The molecular weight excluding hydrogens is 134 g/mol. The third-order valence-electron chi connectivity index (χ3n) is 2.63. The lowest BCUT2D eigenvalue weighted by Crippen LogP contribution is -2.19. The molecule has 0 radical (unpaired) electrons. The Morgan fingerprint density at radius 2 is 2.09 bits per heavy atom. The van der Waals surface area contributed by atoms with Crippen LogP contribution in [0.3, 0.4) is 0 Å². The van der Waals surface area contributed by atoms with Crippen LogP contribution in [0.2, 0.25) is 0 Å². The van der Waals surface area contributed by atoms with Gasteiger partial charge in [-0.25, -0.2) is 0 Å². The summed E-state index contributed by atoms with van der Waals surface area (Å²) in [6, 6.07) is 0.886. The molecule has 1 N–H and O–H groups in total. The van der Waals surface area contributed by atoms with E-state index in [4.69, 9.17) is 0 Å². The topological polar surface area (TPSA) is 12.0 Å². The second-order valence-electron chi connectivity index (χ2n) is 3.67. The Hall–Kier alpha value is -0.0400. The van der Waals surface area contributed by atoms with Crippen molar-refractivity contribution < 1.29 is 0 Å². The van der Waals surface area contributed by atoms with E-state index in [9.17, 15) is 0 Å². The van der Waals surface area contributed by atoms with E-state index in [1.54, 1.807) is 0 Å². The van der Waals surface area contributed by atoms with Crippen LogP contribution in [-0.2, 0) is 0 Å². The molecule has 1 fully saturated rings. The van der Waals surface area contributed by atoms with Crippen LogP contribution in [0.1, 0.15) is 46.0 Å². The minimum atomic E-state index is 0.886. The average molecular weight is 155 g/mol. The van der Waals surface area contributed by atoms with Gasteiger partial charge in [0, 0.05) is 6.04 Å². The van der Waals surface area contributed by atoms with Crippen LogP contribution in [0.15, 0.2) is 0 Å². The summed E-state index contributed by atoms with van der Waals surface area (Å²) in [5, 5.41) is 3.59. The first-order chi connectivity index (χ1) is 5.38. The fourth-order valence-electron chi connectivity index (χ4n) is 1.61. The van der Waals surface area contributed by atoms with Crippen LogP contribution in [0.5, 0.6) is 0 Å². The molecule has 0 amide bonds. The molecule has 66 valence electrons. The minimum Gasteiger partial charge on any atom is -0.314 e. The predicted octanol–water partition coefficient (Wildman–Crippen LogP) is 2.56. The highest BCUT2D eigenvalue weighted by Gasteiger charge is 2.33. The lowest BCUT2D eigenvalue weighted by atomic mass is 10.2. The Bertz CT molecular complexity index is 101. The second-order valence-corrected chi connectivity index (χ2v) is 3.67. The summed E-state index contributed by atoms with van der Waals surface area (Å²) in [6.45, 7) is 5.79. The zero-order valence-electron chi connectivity index (χ0n) is 7.90. The van der Waals surface area contributed by atoms with Gasteiger partial charge in [0.15, 0.2) is 0 Å². The molecule has 0 aromatic heterocycles. The molecule has 2 unspecified atom stereocenters. The van der Waals surface area contributed by atoms with Gasteiger partial charge in [-0.3, -0.25) is 0 Å². The lowest BCUT2D eigenvalue weighted by molar-refractivity contribution is 0.582. The van der Waals surface area contributed by atoms with Crippen LogP contribution in [0, 0.1) is 5.92 Å². The summed E-state index contributed by atoms with van der Waals surface area (Å²) in [5.74, 6) is 1.01. The van der Waals surface area contributed by atoms with Crippen molar-refractivity contribution in [3.8, 4) is 0 Å². The molecular formula is C10H21N. The summed E-state index contributed by atoms with van der Waals surface area (Å²) in [7, 11) is 0. The number of unbranched alkanes of at least 4 members (excludes halogenated alkanes) is 2. The van der Waals surface area contributed by atoms with Gasteiger partial charge in [0.2, 0.25) is 0 Å². The largest absolute Gasteiger partial charge is 0.314 e. The minimum absolute atomic E-state index is 0.886. The second kappa shape index (κ2) is 4.76. The molecule has 0 spiro atoms. The number of hydrogen-bond acceptors (Lipinski definition) is 1. The Morgan fingerprint density at radius 1 is 1.27 bits per heavy atom. The Morgan fingerprint density at radius 3 is 2.64 bits per heavy atom. The summed E-state index contributed by atoms with van der Waals surface area (Å²) < 4.78 is 0. The van der Waals surface area contributed by atoms with Crippen LogP contribution in [-0.4, -0.2) is 12.6 Å². The fourth-order valence-corrected chi connectivity index (χ4v) is 1.61. The first kappa shape index (κ1) is 9.05. The molecule has 0 saturated heterocycles. The summed E-state index contributed by atoms with van der Waals surface area (Å²) in [5.41, 5.74) is 0. The van der Waals surface area contributed by atoms with Crippen LogP contribution in [0.4, 0.5) is 0 Å². The highest BCUT2D eigenvalue weighted by Crippen LogP contribution is 2.32. The molecule has 1 saturated carbocycles. The third-order valence-corrected chi connectivity index (χ3v) is 2.63. The maximum atomic E-state index is 3.59. The smallest absolute Gasteiger partial charge is 0.00990 e. The van der Waals surface area contributed by atoms with Crippen molar-refractivity contribution in [1.29, 1.82) is 0 Å². The van der Waals surface area contributed by atoms with Gasteiger partial charge in [-0.2, -0.15) is 0 Å². The van der Waals surface area contributed by atoms with Gasteiger partial charge in [-0.05, 0) is 25.3 Å². The van der Waals surface area contributed by atoms with Gasteiger partial charge in [0.05, 0.1) is 0 Å². The molecule has 11 heavy (non-hydrogen) atoms. The maximum absolute atomic E-state index is 3.59. The zero-order chi connectivity index (χ0) is 8.10. The highest BCUT2D eigenvalue weighted by molar-refractivity contribution is 4.91. The number of rotatable bonds is 6. The molecule has 1 nitrogen and oxygen atoms in total. The van der Waals surface area contributed by atoms with E-state index in [0.29, 0.717) is 0 Å². The standard InChI is InChI=1S/C10H21N/c1-3-5-6-7-11-10-8-9(10)4-2/h9-11H,3-8H2,1-2H3. The van der Waals surface area contributed by atoms with Gasteiger partial charge >= 0.3 is 0 Å². The molecule has 0 bridgehead atoms. The molecule has 1 aliphatic carbocycles. The summed E-state index contributed by atoms with van der Waals surface area (Å²) in [4.78, 5) is 0. The molecule has 2 atom stereocenters. The first-order valence-electron chi connectivity index (χ1n) is 5.11. The normalized spacial score (nSPS) is 28.9. The molecule has 1 rings (SSSR count). The van der Waals surface area contributed by atoms with E-state index in [1.807, 2.05) is 0 Å². The fraction of sp³-hybridized carbons (Fsp3) is 1.00.